The molecule has 0 bridgehead atoms. The van der Waals surface area contributed by atoms with E-state index in [4.69, 9.17) is 0 Å². The zero-order valence-electron chi connectivity index (χ0n) is 8.27. The summed E-state index contributed by atoms with van der Waals surface area (Å²) in [7, 11) is 0. The topological polar surface area (TPSA) is 24.9 Å². The summed E-state index contributed by atoms with van der Waals surface area (Å²) in [6, 6.07) is 0. The van der Waals surface area contributed by atoms with Crippen LogP contribution >= 0.6 is 11.3 Å². The van der Waals surface area contributed by atoms with Crippen LogP contribution in [0, 0.1) is 25.7 Å². The van der Waals surface area contributed by atoms with Crippen molar-refractivity contribution in [3.8, 4) is 11.8 Å². The Morgan fingerprint density at radius 1 is 1.46 bits per heavy atom. The maximum atomic E-state index is 4.35. The monoisotopic (exact) mass is 194 g/mol. The Balaban J connectivity index is 2.43. The van der Waals surface area contributed by atoms with E-state index in [1.165, 1.54) is 4.88 Å². The van der Waals surface area contributed by atoms with Crippen LogP contribution in [0.3, 0.4) is 0 Å². The van der Waals surface area contributed by atoms with Gasteiger partial charge in [0, 0.05) is 11.4 Å². The molecule has 0 saturated heterocycles. The molecule has 1 heterocycles. The molecule has 0 atom stereocenters. The first-order chi connectivity index (χ1) is 6.24. The van der Waals surface area contributed by atoms with Crippen LogP contribution in [-0.2, 0) is 6.54 Å². The largest absolute Gasteiger partial charge is 0.301 e. The molecule has 0 aliphatic heterocycles. The van der Waals surface area contributed by atoms with Gasteiger partial charge in [-0.1, -0.05) is 5.92 Å². The molecule has 2 nitrogen and oxygen atoms in total. The van der Waals surface area contributed by atoms with Gasteiger partial charge in [0.25, 0.3) is 0 Å². The number of thiazole rings is 1. The molecule has 1 N–H and O–H groups in total. The van der Waals surface area contributed by atoms with E-state index < -0.39 is 0 Å². The van der Waals surface area contributed by atoms with Crippen molar-refractivity contribution in [2.45, 2.75) is 27.3 Å². The molecule has 13 heavy (non-hydrogen) atoms. The minimum Gasteiger partial charge on any atom is -0.301 e. The first-order valence-electron chi connectivity index (χ1n) is 4.27. The van der Waals surface area contributed by atoms with Gasteiger partial charge in [0.1, 0.15) is 0 Å². The van der Waals surface area contributed by atoms with Gasteiger partial charge in [-0.2, -0.15) is 0 Å². The van der Waals surface area contributed by atoms with Crippen LogP contribution in [0.5, 0.6) is 0 Å². The Bertz CT molecular complexity index is 330. The van der Waals surface area contributed by atoms with Gasteiger partial charge in [0.05, 0.1) is 17.2 Å². The van der Waals surface area contributed by atoms with Crippen LogP contribution in [-0.4, -0.2) is 11.5 Å². The molecular formula is C10H14N2S. The van der Waals surface area contributed by atoms with Crippen LogP contribution in [0.25, 0.3) is 0 Å². The normalized spacial score (nSPS) is 9.46. The molecule has 70 valence electrons. The van der Waals surface area contributed by atoms with Crippen LogP contribution < -0.4 is 5.32 Å². The van der Waals surface area contributed by atoms with Crippen molar-refractivity contribution in [3.63, 3.8) is 0 Å². The average molecular weight is 194 g/mol. The number of nitrogens with one attached hydrogen (secondary N) is 1. The van der Waals surface area contributed by atoms with Crippen molar-refractivity contribution >= 4 is 11.3 Å². The number of nitrogens with zero attached hydrogens (tertiary/aromatic N) is 1. The van der Waals surface area contributed by atoms with Crippen molar-refractivity contribution in [2.24, 2.45) is 0 Å². The predicted molar refractivity (Wildman–Crippen MR) is 56.7 cm³/mol. The molecule has 0 fully saturated rings. The summed E-state index contributed by atoms with van der Waals surface area (Å²) in [6.07, 6.45) is 0. The first-order valence-corrected chi connectivity index (χ1v) is 5.09. The number of hydrogen-bond donors (Lipinski definition) is 1. The summed E-state index contributed by atoms with van der Waals surface area (Å²) in [5, 5.41) is 4.39. The van der Waals surface area contributed by atoms with Gasteiger partial charge >= 0.3 is 0 Å². The maximum absolute atomic E-state index is 4.35. The van der Waals surface area contributed by atoms with E-state index >= 15 is 0 Å². The Kier molecular flexibility index (Phi) is 3.94. The smallest absolute Gasteiger partial charge is 0.0900 e. The van der Waals surface area contributed by atoms with E-state index in [-0.39, 0.29) is 0 Å². The lowest BCUT2D eigenvalue weighted by Gasteiger charge is -1.97. The molecule has 0 aliphatic carbocycles. The summed E-state index contributed by atoms with van der Waals surface area (Å²) < 4.78 is 0. The highest BCUT2D eigenvalue weighted by Crippen LogP contribution is 2.16. The highest BCUT2D eigenvalue weighted by Gasteiger charge is 2.02. The lowest BCUT2D eigenvalue weighted by atomic mass is 10.4. The Morgan fingerprint density at radius 2 is 2.23 bits per heavy atom. The lowest BCUT2D eigenvalue weighted by molar-refractivity contribution is 0.774. The molecular weight excluding hydrogens is 180 g/mol. The number of aryl methyl sites for hydroxylation is 2. The number of hydrogen-bond acceptors (Lipinski definition) is 3. The van der Waals surface area contributed by atoms with Crippen LogP contribution in [0.2, 0.25) is 0 Å². The highest BCUT2D eigenvalue weighted by atomic mass is 32.1. The van der Waals surface area contributed by atoms with Gasteiger partial charge in [0.15, 0.2) is 0 Å². The fourth-order valence-corrected chi connectivity index (χ4v) is 1.97. The minimum atomic E-state index is 0.757. The molecule has 0 amide bonds. The molecule has 3 heteroatoms. The van der Waals surface area contributed by atoms with Crippen molar-refractivity contribution in [3.05, 3.63) is 15.6 Å². The molecule has 0 unspecified atom stereocenters. The second-order valence-corrected chi connectivity index (χ2v) is 4.06. The molecule has 0 spiro atoms. The second kappa shape index (κ2) is 5.00. The van der Waals surface area contributed by atoms with Crippen molar-refractivity contribution in [1.82, 2.24) is 10.3 Å². The van der Waals surface area contributed by atoms with Gasteiger partial charge in [-0.25, -0.2) is 4.98 Å². The predicted octanol–water partition coefficient (Wildman–Crippen LogP) is 1.87. The summed E-state index contributed by atoms with van der Waals surface area (Å²) in [6.45, 7) is 7.57. The Labute approximate surface area is 83.4 Å². The summed E-state index contributed by atoms with van der Waals surface area (Å²) in [4.78, 5) is 5.67. The van der Waals surface area contributed by atoms with E-state index in [0.29, 0.717) is 0 Å². The zero-order valence-corrected chi connectivity index (χ0v) is 9.09. The van der Waals surface area contributed by atoms with E-state index in [2.05, 4.69) is 22.1 Å². The zero-order chi connectivity index (χ0) is 9.68. The van der Waals surface area contributed by atoms with Crippen molar-refractivity contribution in [1.29, 1.82) is 0 Å². The van der Waals surface area contributed by atoms with E-state index in [9.17, 15) is 0 Å². The number of aromatic nitrogens is 1. The maximum Gasteiger partial charge on any atom is 0.0900 e. The van der Waals surface area contributed by atoms with Gasteiger partial charge in [0.2, 0.25) is 0 Å². The fraction of sp³-hybridized carbons (Fsp3) is 0.500. The quantitative estimate of drug-likeness (QED) is 0.587. The lowest BCUT2D eigenvalue weighted by Crippen LogP contribution is -2.12. The molecule has 0 saturated carbocycles. The third kappa shape index (κ3) is 3.17. The molecule has 1 rings (SSSR count). The molecule has 0 aromatic carbocycles. The molecule has 0 radical (unpaired) electrons. The minimum absolute atomic E-state index is 0.757. The Hall–Kier alpha value is -0.850. The van der Waals surface area contributed by atoms with Gasteiger partial charge < -0.3 is 5.32 Å². The second-order valence-electron chi connectivity index (χ2n) is 2.77. The van der Waals surface area contributed by atoms with Crippen LogP contribution in [0.4, 0.5) is 0 Å². The summed E-state index contributed by atoms with van der Waals surface area (Å²) in [5.41, 5.74) is 1.14. The molecule has 1 aromatic heterocycles. The van der Waals surface area contributed by atoms with Gasteiger partial charge in [-0.3, -0.25) is 0 Å². The average Bonchev–Trinajstić information content (AvgIpc) is 2.39. The van der Waals surface area contributed by atoms with Crippen molar-refractivity contribution in [2.75, 3.05) is 6.54 Å². The van der Waals surface area contributed by atoms with E-state index in [0.717, 1.165) is 23.8 Å². The van der Waals surface area contributed by atoms with Gasteiger partial charge in [-0.15, -0.1) is 17.3 Å². The van der Waals surface area contributed by atoms with Gasteiger partial charge in [-0.05, 0) is 20.8 Å². The third-order valence-corrected chi connectivity index (χ3v) is 2.75. The summed E-state index contributed by atoms with van der Waals surface area (Å²) in [5.74, 6) is 5.82. The third-order valence-electron chi connectivity index (χ3n) is 1.68. The van der Waals surface area contributed by atoms with E-state index in [1.807, 2.05) is 20.8 Å². The molecule has 0 aliphatic rings. The van der Waals surface area contributed by atoms with Crippen molar-refractivity contribution < 1.29 is 0 Å². The van der Waals surface area contributed by atoms with Crippen LogP contribution in [0.1, 0.15) is 22.5 Å². The SMILES string of the molecule is CC#CCNCc1sc(C)nc1C. The first kappa shape index (κ1) is 10.2. The van der Waals surface area contributed by atoms with Crippen LogP contribution in [0.15, 0.2) is 0 Å². The standard InChI is InChI=1S/C10H14N2S/c1-4-5-6-11-7-10-8(2)12-9(3)13-10/h11H,6-7H2,1-3H3. The molecule has 1 aromatic rings. The number of rotatable bonds is 3. The Morgan fingerprint density at radius 3 is 2.77 bits per heavy atom. The highest BCUT2D eigenvalue weighted by molar-refractivity contribution is 7.11. The van der Waals surface area contributed by atoms with E-state index in [1.54, 1.807) is 11.3 Å². The summed E-state index contributed by atoms with van der Waals surface area (Å²) >= 11 is 1.75. The fourth-order valence-electron chi connectivity index (χ4n) is 1.06.